The summed E-state index contributed by atoms with van der Waals surface area (Å²) in [4.78, 5) is 16.1. The number of nitrogens with zero attached hydrogens (tertiary/aromatic N) is 1. The average Bonchev–Trinajstić information content (AvgIpc) is 3.34. The van der Waals surface area contributed by atoms with Gasteiger partial charge in [0.25, 0.3) is 0 Å². The van der Waals surface area contributed by atoms with E-state index in [0.717, 1.165) is 33.3 Å². The first-order chi connectivity index (χ1) is 13.2. The molecular formula is C21H19NO4S. The van der Waals surface area contributed by atoms with Gasteiger partial charge in [-0.15, -0.1) is 11.3 Å². The van der Waals surface area contributed by atoms with Gasteiger partial charge in [0.1, 0.15) is 23.1 Å². The van der Waals surface area contributed by atoms with Gasteiger partial charge in [-0.1, -0.05) is 36.4 Å². The van der Waals surface area contributed by atoms with Gasteiger partial charge in [-0.3, -0.25) is 4.79 Å². The summed E-state index contributed by atoms with van der Waals surface area (Å²) in [6.45, 7) is 0.883. The number of aromatic nitrogens is 1. The number of carbonyl (C=O) groups is 1. The van der Waals surface area contributed by atoms with Gasteiger partial charge in [0.15, 0.2) is 0 Å². The van der Waals surface area contributed by atoms with E-state index in [1.807, 2.05) is 53.9 Å². The Hall–Kier alpha value is -2.86. The van der Waals surface area contributed by atoms with Crippen molar-refractivity contribution in [2.45, 2.75) is 18.9 Å². The molecule has 4 rings (SSSR count). The minimum Gasteiger partial charge on any atom is -0.492 e. The van der Waals surface area contributed by atoms with E-state index in [0.29, 0.717) is 19.6 Å². The van der Waals surface area contributed by atoms with Crippen LogP contribution in [-0.2, 0) is 16.1 Å². The maximum atomic E-state index is 11.5. The number of carbonyl (C=O) groups excluding carboxylic acids is 1. The van der Waals surface area contributed by atoms with Crippen molar-refractivity contribution in [3.8, 4) is 22.1 Å². The summed E-state index contributed by atoms with van der Waals surface area (Å²) in [5.74, 6) is 1.30. The van der Waals surface area contributed by atoms with Gasteiger partial charge >= 0.3 is 5.97 Å². The molecular weight excluding hydrogens is 362 g/mol. The highest BCUT2D eigenvalue weighted by atomic mass is 32.1. The second kappa shape index (κ2) is 7.80. The summed E-state index contributed by atoms with van der Waals surface area (Å²) in [6, 6.07) is 15.8. The van der Waals surface area contributed by atoms with Crippen molar-refractivity contribution in [2.75, 3.05) is 13.7 Å². The molecule has 5 nitrogen and oxygen atoms in total. The average molecular weight is 381 g/mol. The zero-order chi connectivity index (χ0) is 18.6. The van der Waals surface area contributed by atoms with Crippen molar-refractivity contribution in [1.82, 2.24) is 4.98 Å². The number of fused-ring (bicyclic) bond motifs is 1. The molecule has 1 unspecified atom stereocenters. The number of methoxy groups -OCH3 is 1. The lowest BCUT2D eigenvalue weighted by Gasteiger charge is -2.08. The lowest BCUT2D eigenvalue weighted by Crippen LogP contribution is -2.09. The summed E-state index contributed by atoms with van der Waals surface area (Å²) in [5.41, 5.74) is 3.02. The van der Waals surface area contributed by atoms with Crippen LogP contribution in [0.15, 0.2) is 53.9 Å². The quantitative estimate of drug-likeness (QED) is 0.591. The van der Waals surface area contributed by atoms with Crippen molar-refractivity contribution in [3.63, 3.8) is 0 Å². The number of esters is 1. The molecule has 0 aliphatic carbocycles. The Morgan fingerprint density at radius 2 is 2.11 bits per heavy atom. The third-order valence-corrected chi connectivity index (χ3v) is 5.40. The predicted molar refractivity (Wildman–Crippen MR) is 103 cm³/mol. The zero-order valence-electron chi connectivity index (χ0n) is 14.9. The van der Waals surface area contributed by atoms with E-state index in [1.54, 1.807) is 11.3 Å². The first kappa shape index (κ1) is 17.5. The Bertz CT molecular complexity index is 938. The number of hydrogen-bond donors (Lipinski definition) is 0. The highest BCUT2D eigenvalue weighted by molar-refractivity contribution is 7.13. The SMILES string of the molecule is COC(=O)CC1COc2cc(OCc3csc(-c4ccccc4)n3)ccc21. The van der Waals surface area contributed by atoms with Crippen molar-refractivity contribution >= 4 is 17.3 Å². The lowest BCUT2D eigenvalue weighted by molar-refractivity contribution is -0.141. The van der Waals surface area contributed by atoms with E-state index in [1.165, 1.54) is 7.11 Å². The molecule has 138 valence electrons. The van der Waals surface area contributed by atoms with Crippen LogP contribution in [0.4, 0.5) is 0 Å². The molecule has 1 atom stereocenters. The highest BCUT2D eigenvalue weighted by Gasteiger charge is 2.27. The van der Waals surface area contributed by atoms with Gasteiger partial charge in [-0.05, 0) is 6.07 Å². The summed E-state index contributed by atoms with van der Waals surface area (Å²) in [7, 11) is 1.40. The third kappa shape index (κ3) is 3.95. The highest BCUT2D eigenvalue weighted by Crippen LogP contribution is 2.38. The van der Waals surface area contributed by atoms with Crippen LogP contribution in [-0.4, -0.2) is 24.7 Å². The smallest absolute Gasteiger partial charge is 0.306 e. The van der Waals surface area contributed by atoms with Crippen molar-refractivity contribution in [2.24, 2.45) is 0 Å². The van der Waals surface area contributed by atoms with Crippen LogP contribution in [0.3, 0.4) is 0 Å². The van der Waals surface area contributed by atoms with Crippen LogP contribution in [0.25, 0.3) is 10.6 Å². The van der Waals surface area contributed by atoms with Crippen LogP contribution in [0.5, 0.6) is 11.5 Å². The molecule has 0 bridgehead atoms. The van der Waals surface area contributed by atoms with Gasteiger partial charge in [0, 0.05) is 28.5 Å². The maximum Gasteiger partial charge on any atom is 0.306 e. The molecule has 0 saturated carbocycles. The summed E-state index contributed by atoms with van der Waals surface area (Å²) in [6.07, 6.45) is 0.324. The zero-order valence-corrected chi connectivity index (χ0v) is 15.7. The Balaban J connectivity index is 1.40. The molecule has 27 heavy (non-hydrogen) atoms. The normalized spacial score (nSPS) is 15.1. The largest absolute Gasteiger partial charge is 0.492 e. The predicted octanol–water partition coefficient (Wildman–Crippen LogP) is 4.43. The van der Waals surface area contributed by atoms with Crippen LogP contribution >= 0.6 is 11.3 Å². The fraction of sp³-hybridized carbons (Fsp3) is 0.238. The third-order valence-electron chi connectivity index (χ3n) is 4.46. The van der Waals surface area contributed by atoms with Crippen molar-refractivity contribution < 1.29 is 19.0 Å². The molecule has 1 aliphatic rings. The first-order valence-electron chi connectivity index (χ1n) is 8.69. The molecule has 0 radical (unpaired) electrons. The molecule has 0 N–H and O–H groups in total. The molecule has 2 aromatic carbocycles. The van der Waals surface area contributed by atoms with Crippen LogP contribution in [0, 0.1) is 0 Å². The Kier molecular flexibility index (Phi) is 5.07. The minimum absolute atomic E-state index is 0.0356. The molecule has 3 aromatic rings. The monoisotopic (exact) mass is 381 g/mol. The topological polar surface area (TPSA) is 57.7 Å². The van der Waals surface area contributed by atoms with E-state index in [-0.39, 0.29) is 11.9 Å². The summed E-state index contributed by atoms with van der Waals surface area (Å²) >= 11 is 1.61. The second-order valence-corrected chi connectivity index (χ2v) is 7.14. The molecule has 2 heterocycles. The maximum absolute atomic E-state index is 11.5. The van der Waals surface area contributed by atoms with Gasteiger partial charge in [0.05, 0.1) is 25.8 Å². The summed E-state index contributed by atoms with van der Waals surface area (Å²) < 4.78 is 16.3. The first-order valence-corrected chi connectivity index (χ1v) is 9.57. The number of benzene rings is 2. The fourth-order valence-corrected chi connectivity index (χ4v) is 3.85. The van der Waals surface area contributed by atoms with Crippen LogP contribution < -0.4 is 9.47 Å². The Morgan fingerprint density at radius 3 is 2.93 bits per heavy atom. The van der Waals surface area contributed by atoms with E-state index >= 15 is 0 Å². The standard InChI is InChI=1S/C21H19NO4S/c1-24-20(23)9-15-11-26-19-10-17(7-8-18(15)19)25-12-16-13-27-21(22-16)14-5-3-2-4-6-14/h2-8,10,13,15H,9,11-12H2,1H3. The van der Waals surface area contributed by atoms with Gasteiger partial charge in [0.2, 0.25) is 0 Å². The van der Waals surface area contributed by atoms with Crippen LogP contribution in [0.2, 0.25) is 0 Å². The molecule has 1 aliphatic heterocycles. The van der Waals surface area contributed by atoms with Gasteiger partial charge in [-0.2, -0.15) is 0 Å². The van der Waals surface area contributed by atoms with E-state index in [9.17, 15) is 4.79 Å². The number of hydrogen-bond acceptors (Lipinski definition) is 6. The number of rotatable bonds is 6. The Morgan fingerprint density at radius 1 is 1.26 bits per heavy atom. The van der Waals surface area contributed by atoms with E-state index < -0.39 is 0 Å². The summed E-state index contributed by atoms with van der Waals surface area (Å²) in [5, 5.41) is 3.00. The van der Waals surface area contributed by atoms with Gasteiger partial charge in [-0.25, -0.2) is 4.98 Å². The molecule has 0 spiro atoms. The lowest BCUT2D eigenvalue weighted by atomic mass is 9.98. The number of ether oxygens (including phenoxy) is 3. The Labute approximate surface area is 161 Å². The number of thiazole rings is 1. The van der Waals surface area contributed by atoms with Crippen LogP contribution in [0.1, 0.15) is 23.6 Å². The molecule has 0 amide bonds. The molecule has 0 fully saturated rings. The molecule has 0 saturated heterocycles. The van der Waals surface area contributed by atoms with Gasteiger partial charge < -0.3 is 14.2 Å². The minimum atomic E-state index is -0.227. The van der Waals surface area contributed by atoms with E-state index in [2.05, 4.69) is 4.98 Å². The molecule has 1 aromatic heterocycles. The van der Waals surface area contributed by atoms with E-state index in [4.69, 9.17) is 14.2 Å². The van der Waals surface area contributed by atoms with Crippen molar-refractivity contribution in [3.05, 3.63) is 65.2 Å². The second-order valence-electron chi connectivity index (χ2n) is 6.29. The fourth-order valence-electron chi connectivity index (χ4n) is 3.04. The van der Waals surface area contributed by atoms with Crippen molar-refractivity contribution in [1.29, 1.82) is 0 Å². The molecule has 6 heteroatoms.